The van der Waals surface area contributed by atoms with Gasteiger partial charge in [0.05, 0.1) is 0 Å². The van der Waals surface area contributed by atoms with E-state index in [-0.39, 0.29) is 5.56 Å². The minimum absolute atomic E-state index is 0.0336. The Labute approximate surface area is 131 Å². The van der Waals surface area contributed by atoms with E-state index in [2.05, 4.69) is 9.97 Å². The fourth-order valence-corrected chi connectivity index (χ4v) is 2.97. The lowest BCUT2D eigenvalue weighted by Crippen LogP contribution is -2.10. The highest BCUT2D eigenvalue weighted by Crippen LogP contribution is 2.15. The van der Waals surface area contributed by atoms with E-state index < -0.39 is 0 Å². The zero-order chi connectivity index (χ0) is 15.3. The normalized spacial score (nSPS) is 11.0. The fourth-order valence-electron chi connectivity index (χ4n) is 2.14. The van der Waals surface area contributed by atoms with Gasteiger partial charge in [-0.3, -0.25) is 4.79 Å². The Balaban J connectivity index is 1.93. The number of aryl methyl sites for hydroxylation is 1. The van der Waals surface area contributed by atoms with Crippen LogP contribution in [0.3, 0.4) is 0 Å². The Hall–Kier alpha value is -0.810. The maximum Gasteiger partial charge on any atom is 0.254 e. The van der Waals surface area contributed by atoms with E-state index in [4.69, 9.17) is 5.11 Å². The van der Waals surface area contributed by atoms with Crippen LogP contribution in [0.25, 0.3) is 0 Å². The average Bonchev–Trinajstić information content (AvgIpc) is 2.48. The van der Waals surface area contributed by atoms with E-state index in [1.54, 1.807) is 24.9 Å². The van der Waals surface area contributed by atoms with Gasteiger partial charge >= 0.3 is 0 Å². The van der Waals surface area contributed by atoms with Gasteiger partial charge in [-0.25, -0.2) is 4.98 Å². The number of nitrogens with one attached hydrogen (secondary N) is 1. The molecular formula is C16H28N2O2S. The second-order valence-corrected chi connectivity index (χ2v) is 6.54. The van der Waals surface area contributed by atoms with Crippen molar-refractivity contribution < 1.29 is 5.11 Å². The van der Waals surface area contributed by atoms with Crippen molar-refractivity contribution in [3.05, 3.63) is 22.1 Å². The van der Waals surface area contributed by atoms with Gasteiger partial charge < -0.3 is 10.1 Å². The van der Waals surface area contributed by atoms with Crippen molar-refractivity contribution in [3.63, 3.8) is 0 Å². The van der Waals surface area contributed by atoms with Crippen LogP contribution in [0.4, 0.5) is 0 Å². The largest absolute Gasteiger partial charge is 0.396 e. The van der Waals surface area contributed by atoms with E-state index in [0.29, 0.717) is 12.2 Å². The van der Waals surface area contributed by atoms with Gasteiger partial charge in [-0.1, -0.05) is 56.7 Å². The monoisotopic (exact) mass is 312 g/mol. The molecule has 0 aromatic carbocycles. The molecule has 0 bridgehead atoms. The number of H-pyrrole nitrogens is 1. The summed E-state index contributed by atoms with van der Waals surface area (Å²) in [5.74, 6) is 1.02. The molecule has 21 heavy (non-hydrogen) atoms. The molecule has 0 radical (unpaired) electrons. The zero-order valence-electron chi connectivity index (χ0n) is 13.1. The first-order valence-electron chi connectivity index (χ1n) is 8.03. The molecule has 120 valence electrons. The summed E-state index contributed by atoms with van der Waals surface area (Å²) in [5.41, 5.74) is 0.632. The molecule has 0 aliphatic heterocycles. The lowest BCUT2D eigenvalue weighted by Gasteiger charge is -2.03. The molecule has 1 rings (SSSR count). The van der Waals surface area contributed by atoms with Crippen LogP contribution in [0.15, 0.2) is 16.1 Å². The Bertz CT molecular complexity index is 435. The van der Waals surface area contributed by atoms with Crippen molar-refractivity contribution in [2.24, 2.45) is 0 Å². The van der Waals surface area contributed by atoms with E-state index in [1.807, 2.05) is 0 Å². The maximum absolute atomic E-state index is 11.4. The predicted molar refractivity (Wildman–Crippen MR) is 89.0 cm³/mol. The Kier molecular flexibility index (Phi) is 10.3. The summed E-state index contributed by atoms with van der Waals surface area (Å²) in [6.07, 6.45) is 12.6. The molecule has 0 saturated heterocycles. The summed E-state index contributed by atoms with van der Waals surface area (Å²) in [6, 6.07) is 0. The number of rotatable bonds is 12. The second kappa shape index (κ2) is 11.8. The molecule has 1 heterocycles. The third kappa shape index (κ3) is 8.94. The topological polar surface area (TPSA) is 66.0 Å². The molecule has 4 nitrogen and oxygen atoms in total. The number of aromatic amines is 1. The molecule has 1 aromatic rings. The van der Waals surface area contributed by atoms with Crippen LogP contribution < -0.4 is 5.56 Å². The summed E-state index contributed by atoms with van der Waals surface area (Å²) in [5, 5.41) is 9.41. The van der Waals surface area contributed by atoms with Crippen LogP contribution in [0.5, 0.6) is 0 Å². The molecule has 0 spiro atoms. The molecule has 0 aliphatic rings. The first-order valence-corrected chi connectivity index (χ1v) is 9.02. The van der Waals surface area contributed by atoms with Gasteiger partial charge in [-0.15, -0.1) is 0 Å². The van der Waals surface area contributed by atoms with Crippen molar-refractivity contribution in [2.75, 3.05) is 12.4 Å². The minimum Gasteiger partial charge on any atom is -0.396 e. The number of hydrogen-bond donors (Lipinski definition) is 2. The van der Waals surface area contributed by atoms with Gasteiger partial charge in [0, 0.05) is 24.1 Å². The van der Waals surface area contributed by atoms with Crippen molar-refractivity contribution in [3.8, 4) is 0 Å². The molecule has 2 N–H and O–H groups in total. The number of nitrogens with zero attached hydrogens (tertiary/aromatic N) is 1. The lowest BCUT2D eigenvalue weighted by molar-refractivity contribution is 0.282. The summed E-state index contributed by atoms with van der Waals surface area (Å²) < 4.78 is 0. The fraction of sp³-hybridized carbons (Fsp3) is 0.750. The van der Waals surface area contributed by atoms with Gasteiger partial charge in [0.15, 0.2) is 5.16 Å². The van der Waals surface area contributed by atoms with Crippen molar-refractivity contribution >= 4 is 11.8 Å². The standard InChI is InChI=1S/C16H28N2O2S/c1-14-13-17-16(18-15(14)20)21-12-10-8-6-4-2-3-5-7-9-11-19/h13,19H,2-12H2,1H3,(H,17,18,20). The lowest BCUT2D eigenvalue weighted by atomic mass is 10.1. The summed E-state index contributed by atoms with van der Waals surface area (Å²) in [7, 11) is 0. The van der Waals surface area contributed by atoms with E-state index >= 15 is 0 Å². The number of aromatic nitrogens is 2. The minimum atomic E-state index is -0.0336. The van der Waals surface area contributed by atoms with E-state index in [9.17, 15) is 4.79 Å². The molecule has 0 atom stereocenters. The summed E-state index contributed by atoms with van der Waals surface area (Å²) >= 11 is 1.63. The third-order valence-electron chi connectivity index (χ3n) is 3.50. The first-order chi connectivity index (χ1) is 10.2. The Morgan fingerprint density at radius 2 is 1.62 bits per heavy atom. The van der Waals surface area contributed by atoms with Crippen LogP contribution in [0.2, 0.25) is 0 Å². The SMILES string of the molecule is Cc1cnc(SCCCCCCCCCCCO)[nH]c1=O. The molecule has 0 fully saturated rings. The smallest absolute Gasteiger partial charge is 0.254 e. The quantitative estimate of drug-likeness (QED) is 0.351. The molecule has 0 amide bonds. The van der Waals surface area contributed by atoms with Crippen LogP contribution in [0, 0.1) is 6.92 Å². The van der Waals surface area contributed by atoms with E-state index in [0.717, 1.165) is 23.8 Å². The van der Waals surface area contributed by atoms with Gasteiger partial charge in [-0.05, 0) is 19.8 Å². The average molecular weight is 312 g/mol. The van der Waals surface area contributed by atoms with E-state index in [1.165, 1.54) is 44.9 Å². The first kappa shape index (κ1) is 18.2. The molecule has 1 aromatic heterocycles. The zero-order valence-corrected chi connectivity index (χ0v) is 13.9. The molecule has 0 saturated carbocycles. The summed E-state index contributed by atoms with van der Waals surface area (Å²) in [6.45, 7) is 2.10. The van der Waals surface area contributed by atoms with Crippen LogP contribution in [0.1, 0.15) is 63.4 Å². The number of thioether (sulfide) groups is 1. The third-order valence-corrected chi connectivity index (χ3v) is 4.47. The highest BCUT2D eigenvalue weighted by molar-refractivity contribution is 7.99. The summed E-state index contributed by atoms with van der Waals surface area (Å²) in [4.78, 5) is 18.4. The van der Waals surface area contributed by atoms with Gasteiger partial charge in [-0.2, -0.15) is 0 Å². The van der Waals surface area contributed by atoms with Gasteiger partial charge in [0.1, 0.15) is 0 Å². The van der Waals surface area contributed by atoms with Crippen LogP contribution in [-0.4, -0.2) is 27.4 Å². The number of aliphatic hydroxyl groups is 1. The van der Waals surface area contributed by atoms with Crippen molar-refractivity contribution in [1.29, 1.82) is 0 Å². The predicted octanol–water partition coefficient (Wildman–Crippen LogP) is 3.67. The molecule has 0 unspecified atom stereocenters. The Morgan fingerprint density at radius 3 is 2.19 bits per heavy atom. The number of unbranched alkanes of at least 4 members (excludes halogenated alkanes) is 8. The van der Waals surface area contributed by atoms with Gasteiger partial charge in [0.2, 0.25) is 0 Å². The van der Waals surface area contributed by atoms with Crippen molar-refractivity contribution in [2.45, 2.75) is 69.9 Å². The highest BCUT2D eigenvalue weighted by atomic mass is 32.2. The van der Waals surface area contributed by atoms with Crippen LogP contribution >= 0.6 is 11.8 Å². The Morgan fingerprint density at radius 1 is 1.05 bits per heavy atom. The molecule has 0 aliphatic carbocycles. The second-order valence-electron chi connectivity index (χ2n) is 5.45. The maximum atomic E-state index is 11.4. The highest BCUT2D eigenvalue weighted by Gasteiger charge is 1.99. The molecular weight excluding hydrogens is 284 g/mol. The number of aliphatic hydroxyl groups excluding tert-OH is 1. The van der Waals surface area contributed by atoms with Crippen LogP contribution in [-0.2, 0) is 0 Å². The number of hydrogen-bond acceptors (Lipinski definition) is 4. The van der Waals surface area contributed by atoms with Crippen molar-refractivity contribution in [1.82, 2.24) is 9.97 Å². The van der Waals surface area contributed by atoms with Gasteiger partial charge in [0.25, 0.3) is 5.56 Å². The molecule has 5 heteroatoms.